The van der Waals surface area contributed by atoms with Gasteiger partial charge in [-0.3, -0.25) is 0 Å². The van der Waals surface area contributed by atoms with Crippen molar-refractivity contribution in [3.63, 3.8) is 0 Å². The molecule has 2 heteroatoms. The Kier molecular flexibility index (Phi) is 2.31. The third kappa shape index (κ3) is 1.44. The number of nitriles is 1. The van der Waals surface area contributed by atoms with Crippen LogP contribution in [0, 0.1) is 25.2 Å². The van der Waals surface area contributed by atoms with Crippen LogP contribution in [-0.4, -0.2) is 0 Å². The average Bonchev–Trinajstić information content (AvgIpc) is 2.01. The van der Waals surface area contributed by atoms with Gasteiger partial charge in [0.25, 0.3) is 0 Å². The van der Waals surface area contributed by atoms with E-state index in [1.165, 1.54) is 0 Å². The van der Waals surface area contributed by atoms with E-state index in [-0.39, 0.29) is 0 Å². The molecule has 0 amide bonds. The summed E-state index contributed by atoms with van der Waals surface area (Å²) in [4.78, 5) is 0. The zero-order valence-electron chi connectivity index (χ0n) is 6.48. The smallest absolute Gasteiger partial charge is 0.0994 e. The summed E-state index contributed by atoms with van der Waals surface area (Å²) in [5, 5.41) is 8.67. The van der Waals surface area contributed by atoms with Crippen LogP contribution in [0.3, 0.4) is 0 Å². The highest BCUT2D eigenvalue weighted by molar-refractivity contribution is 9.10. The molecule has 0 bridgehead atoms. The molecule has 11 heavy (non-hydrogen) atoms. The minimum Gasteiger partial charge on any atom is -0.192 e. The molecule has 56 valence electrons. The Labute approximate surface area is 74.8 Å². The predicted molar refractivity (Wildman–Crippen MR) is 48.3 cm³/mol. The molecule has 0 atom stereocenters. The van der Waals surface area contributed by atoms with Crippen LogP contribution in [0.4, 0.5) is 0 Å². The Morgan fingerprint density at radius 3 is 2.45 bits per heavy atom. The Morgan fingerprint density at radius 1 is 1.27 bits per heavy atom. The van der Waals surface area contributed by atoms with Gasteiger partial charge < -0.3 is 0 Å². The molecule has 1 nitrogen and oxygen atoms in total. The Morgan fingerprint density at radius 2 is 1.91 bits per heavy atom. The second-order valence-corrected chi connectivity index (χ2v) is 3.31. The topological polar surface area (TPSA) is 23.8 Å². The molecule has 0 aliphatic heterocycles. The first-order valence-electron chi connectivity index (χ1n) is 3.32. The maximum atomic E-state index is 8.67. The van der Waals surface area contributed by atoms with E-state index in [1.54, 1.807) is 0 Å². The van der Waals surface area contributed by atoms with Crippen LogP contribution in [0.1, 0.15) is 16.7 Å². The van der Waals surface area contributed by atoms with Gasteiger partial charge in [-0.15, -0.1) is 0 Å². The quantitative estimate of drug-likeness (QED) is 0.645. The van der Waals surface area contributed by atoms with E-state index in [0.717, 1.165) is 21.2 Å². The molecule has 0 radical (unpaired) electrons. The lowest BCUT2D eigenvalue weighted by Crippen LogP contribution is -1.87. The minimum absolute atomic E-state index is 0.755. The zero-order valence-corrected chi connectivity index (χ0v) is 8.07. The van der Waals surface area contributed by atoms with Gasteiger partial charge in [-0.05, 0) is 37.1 Å². The third-order valence-corrected chi connectivity index (χ3v) is 2.70. The highest BCUT2D eigenvalue weighted by Gasteiger charge is 2.02. The van der Waals surface area contributed by atoms with E-state index < -0.39 is 0 Å². The Balaban J connectivity index is 3.40. The van der Waals surface area contributed by atoms with Crippen LogP contribution < -0.4 is 0 Å². The fourth-order valence-corrected chi connectivity index (χ4v) is 1.34. The average molecular weight is 210 g/mol. The van der Waals surface area contributed by atoms with Crippen LogP contribution in [-0.2, 0) is 0 Å². The highest BCUT2D eigenvalue weighted by Crippen LogP contribution is 2.21. The van der Waals surface area contributed by atoms with E-state index in [1.807, 2.05) is 26.0 Å². The van der Waals surface area contributed by atoms with Crippen molar-refractivity contribution in [2.24, 2.45) is 0 Å². The predicted octanol–water partition coefficient (Wildman–Crippen LogP) is 2.94. The molecule has 1 rings (SSSR count). The van der Waals surface area contributed by atoms with Crippen molar-refractivity contribution in [3.05, 3.63) is 33.3 Å². The molecule has 0 aliphatic carbocycles. The summed E-state index contributed by atoms with van der Waals surface area (Å²) in [6, 6.07) is 5.87. The Hall–Kier alpha value is -0.810. The lowest BCUT2D eigenvalue weighted by Gasteiger charge is -2.03. The summed E-state index contributed by atoms with van der Waals surface area (Å²) in [6.45, 7) is 3.96. The van der Waals surface area contributed by atoms with Gasteiger partial charge >= 0.3 is 0 Å². The first-order valence-corrected chi connectivity index (χ1v) is 4.12. The fraction of sp³-hybridized carbons (Fsp3) is 0.222. The second-order valence-electron chi connectivity index (χ2n) is 2.46. The first-order chi connectivity index (χ1) is 5.16. The monoisotopic (exact) mass is 209 g/mol. The van der Waals surface area contributed by atoms with E-state index in [0.29, 0.717) is 0 Å². The third-order valence-electron chi connectivity index (χ3n) is 1.84. The van der Waals surface area contributed by atoms with Crippen molar-refractivity contribution in [2.75, 3.05) is 0 Å². The van der Waals surface area contributed by atoms with Crippen LogP contribution in [0.2, 0.25) is 0 Å². The van der Waals surface area contributed by atoms with Gasteiger partial charge in [0.2, 0.25) is 0 Å². The number of halogens is 1. The standard InChI is InChI=1S/C9H8BrN/c1-6-7(2)9(10)4-3-8(6)5-11/h3-4H,1-2H3. The molecule has 0 saturated heterocycles. The van der Waals surface area contributed by atoms with Gasteiger partial charge in [-0.25, -0.2) is 0 Å². The van der Waals surface area contributed by atoms with Crippen LogP contribution in [0.25, 0.3) is 0 Å². The number of hydrogen-bond acceptors (Lipinski definition) is 1. The van der Waals surface area contributed by atoms with Gasteiger partial charge in [-0.1, -0.05) is 15.9 Å². The van der Waals surface area contributed by atoms with E-state index in [2.05, 4.69) is 22.0 Å². The van der Waals surface area contributed by atoms with E-state index in [4.69, 9.17) is 5.26 Å². The lowest BCUT2D eigenvalue weighted by molar-refractivity contribution is 1.29. The largest absolute Gasteiger partial charge is 0.192 e. The highest BCUT2D eigenvalue weighted by atomic mass is 79.9. The molecule has 1 aromatic carbocycles. The van der Waals surface area contributed by atoms with Crippen molar-refractivity contribution in [1.82, 2.24) is 0 Å². The van der Waals surface area contributed by atoms with E-state index >= 15 is 0 Å². The maximum absolute atomic E-state index is 8.67. The van der Waals surface area contributed by atoms with Crippen molar-refractivity contribution in [1.29, 1.82) is 5.26 Å². The number of hydrogen-bond donors (Lipinski definition) is 0. The van der Waals surface area contributed by atoms with Crippen LogP contribution in [0.15, 0.2) is 16.6 Å². The van der Waals surface area contributed by atoms with Crippen LogP contribution in [0.5, 0.6) is 0 Å². The second kappa shape index (κ2) is 3.06. The van der Waals surface area contributed by atoms with Crippen molar-refractivity contribution < 1.29 is 0 Å². The number of rotatable bonds is 0. The molecule has 0 aromatic heterocycles. The first kappa shape index (κ1) is 8.29. The molecular weight excluding hydrogens is 202 g/mol. The summed E-state index contributed by atoms with van der Waals surface area (Å²) < 4.78 is 1.06. The van der Waals surface area contributed by atoms with Crippen LogP contribution >= 0.6 is 15.9 Å². The van der Waals surface area contributed by atoms with Crippen molar-refractivity contribution in [3.8, 4) is 6.07 Å². The van der Waals surface area contributed by atoms with E-state index in [9.17, 15) is 0 Å². The number of nitrogens with zero attached hydrogens (tertiary/aromatic N) is 1. The summed E-state index contributed by atoms with van der Waals surface area (Å²) >= 11 is 3.40. The van der Waals surface area contributed by atoms with Crippen molar-refractivity contribution >= 4 is 15.9 Å². The summed E-state index contributed by atoms with van der Waals surface area (Å²) in [6.07, 6.45) is 0. The maximum Gasteiger partial charge on any atom is 0.0994 e. The zero-order chi connectivity index (χ0) is 8.43. The molecule has 0 fully saturated rings. The fourth-order valence-electron chi connectivity index (χ4n) is 0.909. The molecule has 0 spiro atoms. The molecule has 0 saturated carbocycles. The molecule has 1 aromatic rings. The van der Waals surface area contributed by atoms with Gasteiger partial charge in [-0.2, -0.15) is 5.26 Å². The minimum atomic E-state index is 0.755. The SMILES string of the molecule is Cc1c(Br)ccc(C#N)c1C. The molecule has 0 aliphatic rings. The molecular formula is C9H8BrN. The summed E-state index contributed by atoms with van der Waals surface area (Å²) in [5.41, 5.74) is 2.96. The molecule has 0 unspecified atom stereocenters. The summed E-state index contributed by atoms with van der Waals surface area (Å²) in [5.74, 6) is 0. The summed E-state index contributed by atoms with van der Waals surface area (Å²) in [7, 11) is 0. The normalized spacial score (nSPS) is 9.27. The molecule has 0 N–H and O–H groups in total. The number of benzene rings is 1. The Bertz CT molecular complexity index is 323. The van der Waals surface area contributed by atoms with Gasteiger partial charge in [0.1, 0.15) is 0 Å². The van der Waals surface area contributed by atoms with Gasteiger partial charge in [0.05, 0.1) is 11.6 Å². The lowest BCUT2D eigenvalue weighted by atomic mass is 10.1. The van der Waals surface area contributed by atoms with Gasteiger partial charge in [0.15, 0.2) is 0 Å². The van der Waals surface area contributed by atoms with Gasteiger partial charge in [0, 0.05) is 4.47 Å². The molecule has 0 heterocycles. The van der Waals surface area contributed by atoms with Crippen molar-refractivity contribution in [2.45, 2.75) is 13.8 Å².